The molecule has 0 heterocycles. The lowest BCUT2D eigenvalue weighted by atomic mass is 10.1. The number of ether oxygens (including phenoxy) is 1. The molecule has 110 valence electrons. The van der Waals surface area contributed by atoms with Gasteiger partial charge in [0, 0.05) is 32.3 Å². The van der Waals surface area contributed by atoms with Gasteiger partial charge in [-0.05, 0) is 32.7 Å². The summed E-state index contributed by atoms with van der Waals surface area (Å²) in [5.74, 6) is 0. The molecule has 0 aromatic rings. The molecule has 1 N–H and O–H groups in total. The number of rotatable bonds is 12. The van der Waals surface area contributed by atoms with Crippen LogP contribution in [0.15, 0.2) is 0 Å². The van der Waals surface area contributed by atoms with E-state index in [1.807, 2.05) is 0 Å². The van der Waals surface area contributed by atoms with E-state index in [0.29, 0.717) is 12.1 Å². The highest BCUT2D eigenvalue weighted by molar-refractivity contribution is 4.75. The maximum atomic E-state index is 5.23. The summed E-state index contributed by atoms with van der Waals surface area (Å²) in [6, 6.07) is 1.27. The lowest BCUT2D eigenvalue weighted by Crippen LogP contribution is -2.46. The van der Waals surface area contributed by atoms with Crippen LogP contribution in [-0.4, -0.2) is 50.3 Å². The summed E-state index contributed by atoms with van der Waals surface area (Å²) in [5.41, 5.74) is 0. The Labute approximate surface area is 114 Å². The van der Waals surface area contributed by atoms with E-state index < -0.39 is 0 Å². The molecule has 0 saturated carbocycles. The highest BCUT2D eigenvalue weighted by Crippen LogP contribution is 2.07. The third-order valence-electron chi connectivity index (χ3n) is 3.57. The smallest absolute Gasteiger partial charge is 0.0589 e. The Morgan fingerprint density at radius 3 is 2.39 bits per heavy atom. The molecule has 2 atom stereocenters. The van der Waals surface area contributed by atoms with Crippen LogP contribution in [0.5, 0.6) is 0 Å². The molecule has 0 bridgehead atoms. The molecule has 0 aliphatic heterocycles. The third kappa shape index (κ3) is 8.06. The van der Waals surface area contributed by atoms with Gasteiger partial charge in [0.1, 0.15) is 0 Å². The van der Waals surface area contributed by atoms with Gasteiger partial charge in [0.05, 0.1) is 6.61 Å². The van der Waals surface area contributed by atoms with Gasteiger partial charge in [-0.1, -0.05) is 27.2 Å². The average Bonchev–Trinajstić information content (AvgIpc) is 2.39. The number of nitrogens with one attached hydrogen (secondary N) is 1. The average molecular weight is 258 g/mol. The molecule has 18 heavy (non-hydrogen) atoms. The van der Waals surface area contributed by atoms with Crippen LogP contribution in [0.2, 0.25) is 0 Å². The van der Waals surface area contributed by atoms with E-state index in [9.17, 15) is 0 Å². The van der Waals surface area contributed by atoms with E-state index in [4.69, 9.17) is 4.74 Å². The minimum absolute atomic E-state index is 0.626. The first-order valence-electron chi connectivity index (χ1n) is 7.65. The van der Waals surface area contributed by atoms with Crippen molar-refractivity contribution in [1.82, 2.24) is 10.2 Å². The molecule has 0 fully saturated rings. The molecule has 0 radical (unpaired) electrons. The molecule has 0 aromatic heterocycles. The topological polar surface area (TPSA) is 24.5 Å². The molecule has 0 rings (SSSR count). The highest BCUT2D eigenvalue weighted by Gasteiger charge is 2.16. The number of nitrogens with zero attached hydrogens (tertiary/aromatic N) is 1. The fourth-order valence-corrected chi connectivity index (χ4v) is 2.20. The largest absolute Gasteiger partial charge is 0.383 e. The lowest BCUT2D eigenvalue weighted by molar-refractivity contribution is 0.113. The number of methoxy groups -OCH3 is 1. The van der Waals surface area contributed by atoms with Crippen molar-refractivity contribution in [1.29, 1.82) is 0 Å². The zero-order valence-corrected chi connectivity index (χ0v) is 13.2. The van der Waals surface area contributed by atoms with Gasteiger partial charge in [0.25, 0.3) is 0 Å². The Morgan fingerprint density at radius 2 is 1.89 bits per heavy atom. The standard InChI is InChI=1S/C15H34N2O/c1-6-9-15(16-10-7-2)13-17(11-12-18-5)14(4)8-3/h14-16H,6-13H2,1-5H3. The summed E-state index contributed by atoms with van der Waals surface area (Å²) in [6.07, 6.45) is 4.93. The third-order valence-corrected chi connectivity index (χ3v) is 3.57. The molecule has 0 aliphatic rings. The number of hydrogen-bond donors (Lipinski definition) is 1. The second-order valence-electron chi connectivity index (χ2n) is 5.18. The van der Waals surface area contributed by atoms with Crippen molar-refractivity contribution in [3.05, 3.63) is 0 Å². The van der Waals surface area contributed by atoms with Crippen molar-refractivity contribution < 1.29 is 4.74 Å². The van der Waals surface area contributed by atoms with Crippen LogP contribution in [-0.2, 0) is 4.74 Å². The summed E-state index contributed by atoms with van der Waals surface area (Å²) in [5, 5.41) is 3.67. The normalized spacial score (nSPS) is 15.0. The molecule has 3 nitrogen and oxygen atoms in total. The van der Waals surface area contributed by atoms with Crippen molar-refractivity contribution in [2.45, 2.75) is 65.5 Å². The van der Waals surface area contributed by atoms with E-state index in [0.717, 1.165) is 26.2 Å². The first kappa shape index (κ1) is 17.9. The highest BCUT2D eigenvalue weighted by atomic mass is 16.5. The van der Waals surface area contributed by atoms with E-state index in [2.05, 4.69) is 37.9 Å². The lowest BCUT2D eigenvalue weighted by Gasteiger charge is -2.32. The molecule has 0 spiro atoms. The SMILES string of the molecule is CCCNC(CCC)CN(CCOC)C(C)CC. The summed E-state index contributed by atoms with van der Waals surface area (Å²) in [7, 11) is 1.79. The molecule has 0 amide bonds. The first-order chi connectivity index (χ1) is 8.69. The molecule has 3 heteroatoms. The van der Waals surface area contributed by atoms with Gasteiger partial charge < -0.3 is 10.1 Å². The van der Waals surface area contributed by atoms with Gasteiger partial charge in [0.2, 0.25) is 0 Å². The van der Waals surface area contributed by atoms with Gasteiger partial charge in [-0.3, -0.25) is 4.90 Å². The maximum absolute atomic E-state index is 5.23. The van der Waals surface area contributed by atoms with E-state index in [-0.39, 0.29) is 0 Å². The van der Waals surface area contributed by atoms with Gasteiger partial charge in [-0.2, -0.15) is 0 Å². The van der Waals surface area contributed by atoms with E-state index in [1.165, 1.54) is 25.7 Å². The Balaban J connectivity index is 4.27. The Bertz CT molecular complexity index is 176. The maximum Gasteiger partial charge on any atom is 0.0589 e. The van der Waals surface area contributed by atoms with Crippen molar-refractivity contribution >= 4 is 0 Å². The van der Waals surface area contributed by atoms with Gasteiger partial charge in [0.15, 0.2) is 0 Å². The van der Waals surface area contributed by atoms with E-state index >= 15 is 0 Å². The monoisotopic (exact) mass is 258 g/mol. The van der Waals surface area contributed by atoms with Gasteiger partial charge >= 0.3 is 0 Å². The van der Waals surface area contributed by atoms with Crippen LogP contribution in [0.4, 0.5) is 0 Å². The second kappa shape index (κ2) is 11.9. The van der Waals surface area contributed by atoms with Crippen LogP contribution >= 0.6 is 0 Å². The molecule has 0 aromatic carbocycles. The summed E-state index contributed by atoms with van der Waals surface area (Å²) < 4.78 is 5.23. The van der Waals surface area contributed by atoms with Crippen LogP contribution in [0.25, 0.3) is 0 Å². The minimum atomic E-state index is 0.626. The predicted octanol–water partition coefficient (Wildman–Crippen LogP) is 2.90. The van der Waals surface area contributed by atoms with Crippen LogP contribution in [0.1, 0.15) is 53.4 Å². The fraction of sp³-hybridized carbons (Fsp3) is 1.00. The van der Waals surface area contributed by atoms with Crippen molar-refractivity contribution in [2.24, 2.45) is 0 Å². The second-order valence-corrected chi connectivity index (χ2v) is 5.18. The zero-order chi connectivity index (χ0) is 13.8. The molecular formula is C15H34N2O. The van der Waals surface area contributed by atoms with Crippen LogP contribution < -0.4 is 5.32 Å². The van der Waals surface area contributed by atoms with Gasteiger partial charge in [-0.25, -0.2) is 0 Å². The zero-order valence-electron chi connectivity index (χ0n) is 13.2. The summed E-state index contributed by atoms with van der Waals surface area (Å²) >= 11 is 0. The quantitative estimate of drug-likeness (QED) is 0.582. The molecular weight excluding hydrogens is 224 g/mol. The fourth-order valence-electron chi connectivity index (χ4n) is 2.20. The van der Waals surface area contributed by atoms with E-state index in [1.54, 1.807) is 7.11 Å². The molecule has 0 saturated heterocycles. The Kier molecular flexibility index (Phi) is 11.9. The van der Waals surface area contributed by atoms with Crippen LogP contribution in [0.3, 0.4) is 0 Å². The summed E-state index contributed by atoms with van der Waals surface area (Å²) in [4.78, 5) is 2.56. The molecule has 2 unspecified atom stereocenters. The van der Waals surface area contributed by atoms with Gasteiger partial charge in [-0.15, -0.1) is 0 Å². The first-order valence-corrected chi connectivity index (χ1v) is 7.65. The predicted molar refractivity (Wildman–Crippen MR) is 80.2 cm³/mol. The van der Waals surface area contributed by atoms with Crippen molar-refractivity contribution in [3.63, 3.8) is 0 Å². The number of hydrogen-bond acceptors (Lipinski definition) is 3. The van der Waals surface area contributed by atoms with Crippen molar-refractivity contribution in [3.8, 4) is 0 Å². The Morgan fingerprint density at radius 1 is 1.17 bits per heavy atom. The van der Waals surface area contributed by atoms with Crippen LogP contribution in [0, 0.1) is 0 Å². The summed E-state index contributed by atoms with van der Waals surface area (Å²) in [6.45, 7) is 13.2. The molecule has 0 aliphatic carbocycles. The van der Waals surface area contributed by atoms with Crippen molar-refractivity contribution in [2.75, 3.05) is 33.4 Å². The Hall–Kier alpha value is -0.120. The minimum Gasteiger partial charge on any atom is -0.383 e.